The lowest BCUT2D eigenvalue weighted by molar-refractivity contribution is -0.136. The Balaban J connectivity index is 2.63. The third kappa shape index (κ3) is 1.81. The summed E-state index contributed by atoms with van der Waals surface area (Å²) in [4.78, 5) is 10.8. The van der Waals surface area contributed by atoms with Gasteiger partial charge in [-0.1, -0.05) is 0 Å². The third-order valence-electron chi connectivity index (χ3n) is 1.20. The highest BCUT2D eigenvalue weighted by Crippen LogP contribution is 2.08. The monoisotopic (exact) mass is 156 g/mol. The molecule has 1 aliphatic heterocycles. The van der Waals surface area contributed by atoms with Gasteiger partial charge in [0.15, 0.2) is 0 Å². The van der Waals surface area contributed by atoms with E-state index in [1.165, 1.54) is 19.3 Å². The van der Waals surface area contributed by atoms with Crippen LogP contribution in [0.15, 0.2) is 24.0 Å². The molecule has 0 aromatic heterocycles. The van der Waals surface area contributed by atoms with E-state index in [0.29, 0.717) is 0 Å². The van der Waals surface area contributed by atoms with Crippen LogP contribution in [0.25, 0.3) is 0 Å². The highest BCUT2D eigenvalue weighted by molar-refractivity contribution is 5.91. The molecule has 1 atom stereocenters. The van der Waals surface area contributed by atoms with Crippen LogP contribution in [0.4, 0.5) is 0 Å². The van der Waals surface area contributed by atoms with Gasteiger partial charge in [0.25, 0.3) is 0 Å². The number of ether oxygens (including phenoxy) is 2. The molecule has 1 unspecified atom stereocenters. The number of aliphatic hydroxyl groups is 1. The molecule has 0 radical (unpaired) electrons. The van der Waals surface area contributed by atoms with E-state index >= 15 is 0 Å². The minimum atomic E-state index is -0.955. The molecular weight excluding hydrogens is 148 g/mol. The zero-order valence-corrected chi connectivity index (χ0v) is 5.98. The van der Waals surface area contributed by atoms with Crippen molar-refractivity contribution in [1.82, 2.24) is 0 Å². The predicted molar refractivity (Wildman–Crippen MR) is 36.3 cm³/mol. The summed E-state index contributed by atoms with van der Waals surface area (Å²) in [5, 5.41) is 8.78. The molecule has 0 aromatic rings. The Kier molecular flexibility index (Phi) is 2.28. The Morgan fingerprint density at radius 1 is 1.82 bits per heavy atom. The fourth-order valence-corrected chi connectivity index (χ4v) is 0.648. The van der Waals surface area contributed by atoms with Crippen LogP contribution >= 0.6 is 0 Å². The summed E-state index contributed by atoms with van der Waals surface area (Å²) in [7, 11) is 1.28. The van der Waals surface area contributed by atoms with Crippen LogP contribution in [0.1, 0.15) is 0 Å². The van der Waals surface area contributed by atoms with Gasteiger partial charge >= 0.3 is 5.97 Å². The number of carbonyl (C=O) groups excluding carboxylic acids is 1. The zero-order valence-electron chi connectivity index (χ0n) is 5.98. The molecule has 60 valence electrons. The van der Waals surface area contributed by atoms with Gasteiger partial charge in [-0.15, -0.1) is 0 Å². The smallest absolute Gasteiger partial charge is 0.340 e. The molecule has 11 heavy (non-hydrogen) atoms. The maximum absolute atomic E-state index is 10.8. The first-order valence-electron chi connectivity index (χ1n) is 3.04. The third-order valence-corrected chi connectivity index (χ3v) is 1.20. The quantitative estimate of drug-likeness (QED) is 0.541. The lowest BCUT2D eigenvalue weighted by Crippen LogP contribution is -2.12. The predicted octanol–water partition coefficient (Wildman–Crippen LogP) is -0.0519. The minimum absolute atomic E-state index is 0.290. The van der Waals surface area contributed by atoms with Gasteiger partial charge in [-0.25, -0.2) is 4.79 Å². The van der Waals surface area contributed by atoms with Gasteiger partial charge in [0.1, 0.15) is 6.26 Å². The normalized spacial score (nSPS) is 22.0. The Morgan fingerprint density at radius 3 is 3.00 bits per heavy atom. The van der Waals surface area contributed by atoms with E-state index in [9.17, 15) is 4.79 Å². The van der Waals surface area contributed by atoms with E-state index < -0.39 is 12.3 Å². The highest BCUT2D eigenvalue weighted by atomic mass is 16.6. The van der Waals surface area contributed by atoms with Crippen LogP contribution in [-0.2, 0) is 14.3 Å². The second kappa shape index (κ2) is 3.21. The molecule has 1 heterocycles. The summed E-state index contributed by atoms with van der Waals surface area (Å²) < 4.78 is 9.02. The van der Waals surface area contributed by atoms with E-state index in [0.717, 1.165) is 6.26 Å². The maximum Gasteiger partial charge on any atom is 0.340 e. The van der Waals surface area contributed by atoms with Gasteiger partial charge in [-0.2, -0.15) is 0 Å². The highest BCUT2D eigenvalue weighted by Gasteiger charge is 2.11. The van der Waals surface area contributed by atoms with Crippen LogP contribution in [-0.4, -0.2) is 24.5 Å². The molecule has 0 amide bonds. The summed E-state index contributed by atoms with van der Waals surface area (Å²) in [6.07, 6.45) is 3.01. The zero-order chi connectivity index (χ0) is 8.27. The first-order valence-corrected chi connectivity index (χ1v) is 3.04. The first kappa shape index (κ1) is 7.81. The molecule has 4 nitrogen and oxygen atoms in total. The van der Waals surface area contributed by atoms with Crippen LogP contribution < -0.4 is 0 Å². The van der Waals surface area contributed by atoms with Gasteiger partial charge < -0.3 is 14.6 Å². The van der Waals surface area contributed by atoms with Crippen LogP contribution in [0.5, 0.6) is 0 Å². The van der Waals surface area contributed by atoms with Crippen molar-refractivity contribution in [3.8, 4) is 0 Å². The fourth-order valence-electron chi connectivity index (χ4n) is 0.648. The van der Waals surface area contributed by atoms with Crippen molar-refractivity contribution in [2.24, 2.45) is 0 Å². The van der Waals surface area contributed by atoms with Gasteiger partial charge in [0.2, 0.25) is 6.29 Å². The van der Waals surface area contributed by atoms with Gasteiger partial charge in [-0.05, 0) is 12.2 Å². The first-order chi connectivity index (χ1) is 5.24. The molecule has 0 aromatic carbocycles. The standard InChI is InChI=1S/C7H8O4/c1-10-7(9)5-2-3-6(8)11-4-5/h2-4,6,8H,1H3. The van der Waals surface area contributed by atoms with Crippen molar-refractivity contribution in [2.75, 3.05) is 7.11 Å². The van der Waals surface area contributed by atoms with Crippen molar-refractivity contribution in [2.45, 2.75) is 6.29 Å². The molecule has 1 N–H and O–H groups in total. The molecule has 1 rings (SSSR count). The Labute approximate surface area is 63.7 Å². The molecular formula is C7H8O4. The largest absolute Gasteiger partial charge is 0.468 e. The molecule has 0 aliphatic carbocycles. The van der Waals surface area contributed by atoms with E-state index in [-0.39, 0.29) is 5.57 Å². The summed E-state index contributed by atoms with van der Waals surface area (Å²) in [6, 6.07) is 0. The summed E-state index contributed by atoms with van der Waals surface area (Å²) in [5.41, 5.74) is 0.290. The van der Waals surface area contributed by atoms with Gasteiger partial charge in [-0.3, -0.25) is 0 Å². The number of aliphatic hydroxyl groups excluding tert-OH is 1. The van der Waals surface area contributed by atoms with E-state index in [4.69, 9.17) is 5.11 Å². The van der Waals surface area contributed by atoms with Gasteiger partial charge in [0.05, 0.1) is 12.7 Å². The van der Waals surface area contributed by atoms with E-state index in [1.807, 2.05) is 0 Å². The lowest BCUT2D eigenvalue weighted by Gasteiger charge is -2.10. The second-order valence-corrected chi connectivity index (χ2v) is 1.95. The summed E-state index contributed by atoms with van der Waals surface area (Å²) >= 11 is 0. The molecule has 4 heteroatoms. The average Bonchev–Trinajstić information content (AvgIpc) is 2.05. The number of esters is 1. The number of hydrogen-bond acceptors (Lipinski definition) is 4. The van der Waals surface area contributed by atoms with E-state index in [2.05, 4.69) is 9.47 Å². The number of hydrogen-bond donors (Lipinski definition) is 1. The molecule has 0 saturated carbocycles. The molecule has 0 bridgehead atoms. The molecule has 1 aliphatic rings. The molecule has 0 fully saturated rings. The van der Waals surface area contributed by atoms with Crippen LogP contribution in [0.2, 0.25) is 0 Å². The Morgan fingerprint density at radius 2 is 2.55 bits per heavy atom. The summed E-state index contributed by atoms with van der Waals surface area (Å²) in [6.45, 7) is 0. The molecule has 0 saturated heterocycles. The summed E-state index contributed by atoms with van der Waals surface area (Å²) in [5.74, 6) is -0.479. The number of carbonyl (C=O) groups is 1. The van der Waals surface area contributed by atoms with Crippen LogP contribution in [0, 0.1) is 0 Å². The number of rotatable bonds is 1. The SMILES string of the molecule is COC(=O)C1=COC(O)C=C1. The van der Waals surface area contributed by atoms with Crippen LogP contribution in [0.3, 0.4) is 0 Å². The van der Waals surface area contributed by atoms with Crippen molar-refractivity contribution in [3.63, 3.8) is 0 Å². The maximum atomic E-state index is 10.8. The Bertz CT molecular complexity index is 216. The number of methoxy groups -OCH3 is 1. The fraction of sp³-hybridized carbons (Fsp3) is 0.286. The van der Waals surface area contributed by atoms with Crippen molar-refractivity contribution in [3.05, 3.63) is 24.0 Å². The second-order valence-electron chi connectivity index (χ2n) is 1.95. The van der Waals surface area contributed by atoms with E-state index in [1.54, 1.807) is 0 Å². The van der Waals surface area contributed by atoms with Crippen molar-refractivity contribution >= 4 is 5.97 Å². The van der Waals surface area contributed by atoms with Crippen molar-refractivity contribution in [1.29, 1.82) is 0 Å². The average molecular weight is 156 g/mol. The molecule has 0 spiro atoms. The minimum Gasteiger partial charge on any atom is -0.468 e. The topological polar surface area (TPSA) is 55.8 Å². The lowest BCUT2D eigenvalue weighted by atomic mass is 10.2. The van der Waals surface area contributed by atoms with Gasteiger partial charge in [0, 0.05) is 0 Å². The Hall–Kier alpha value is -1.29. The van der Waals surface area contributed by atoms with Crippen molar-refractivity contribution < 1.29 is 19.4 Å².